The van der Waals surface area contributed by atoms with Crippen LogP contribution in [0.1, 0.15) is 68.0 Å². The Kier molecular flexibility index (Phi) is 4.11. The van der Waals surface area contributed by atoms with E-state index < -0.39 is 0 Å². The van der Waals surface area contributed by atoms with E-state index in [2.05, 4.69) is 39.6 Å². The molecule has 0 amide bonds. The maximum atomic E-state index is 4.63. The molecule has 14 heavy (non-hydrogen) atoms. The van der Waals surface area contributed by atoms with Crippen molar-refractivity contribution in [3.8, 4) is 0 Å². The van der Waals surface area contributed by atoms with Crippen molar-refractivity contribution in [2.45, 2.75) is 59.3 Å². The fourth-order valence-corrected chi connectivity index (χ4v) is 2.85. The average Bonchev–Trinajstić information content (AvgIpc) is 2.48. The van der Waals surface area contributed by atoms with Crippen LogP contribution in [-0.4, -0.2) is 4.98 Å². The molecule has 1 rings (SSSR count). The Hall–Kier alpha value is -0.370. The maximum absolute atomic E-state index is 4.63. The minimum Gasteiger partial charge on any atom is -0.246 e. The van der Waals surface area contributed by atoms with Crippen molar-refractivity contribution < 1.29 is 0 Å². The second kappa shape index (κ2) is 4.92. The van der Waals surface area contributed by atoms with Crippen molar-refractivity contribution in [2.75, 3.05) is 0 Å². The Morgan fingerprint density at radius 2 is 1.93 bits per heavy atom. The minimum absolute atomic E-state index is 0.571. The van der Waals surface area contributed by atoms with Crippen LogP contribution in [0, 0.1) is 6.92 Å². The first-order chi connectivity index (χ1) is 6.56. The van der Waals surface area contributed by atoms with E-state index in [-0.39, 0.29) is 0 Å². The van der Waals surface area contributed by atoms with Gasteiger partial charge in [0.05, 0.1) is 10.7 Å². The summed E-state index contributed by atoms with van der Waals surface area (Å²) in [6.07, 6.45) is 2.54. The highest BCUT2D eigenvalue weighted by atomic mass is 32.1. The number of thiazole rings is 1. The lowest BCUT2D eigenvalue weighted by atomic mass is 10.0. The van der Waals surface area contributed by atoms with Gasteiger partial charge in [0.2, 0.25) is 0 Å². The monoisotopic (exact) mass is 211 g/mol. The summed E-state index contributed by atoms with van der Waals surface area (Å²) in [6.45, 7) is 11.1. The van der Waals surface area contributed by atoms with Crippen LogP contribution < -0.4 is 0 Å². The maximum Gasteiger partial charge on any atom is 0.0956 e. The first kappa shape index (κ1) is 11.7. The molecule has 1 heterocycles. The molecule has 0 aromatic carbocycles. The average molecular weight is 211 g/mol. The van der Waals surface area contributed by atoms with E-state index in [1.54, 1.807) is 0 Å². The molecule has 1 aromatic heterocycles. The molecule has 0 bridgehead atoms. The van der Waals surface area contributed by atoms with Crippen LogP contribution in [0.5, 0.6) is 0 Å². The minimum atomic E-state index is 0.571. The first-order valence-corrected chi connectivity index (χ1v) is 6.35. The molecule has 0 aliphatic rings. The SMILES string of the molecule is CCCC(C)c1sc(C(C)C)nc1C. The van der Waals surface area contributed by atoms with E-state index in [9.17, 15) is 0 Å². The summed E-state index contributed by atoms with van der Waals surface area (Å²) in [6, 6.07) is 0. The highest BCUT2D eigenvalue weighted by Gasteiger charge is 2.14. The second-order valence-electron chi connectivity index (χ2n) is 4.35. The number of hydrogen-bond acceptors (Lipinski definition) is 2. The molecule has 80 valence electrons. The lowest BCUT2D eigenvalue weighted by Gasteiger charge is -2.07. The van der Waals surface area contributed by atoms with E-state index in [4.69, 9.17) is 0 Å². The van der Waals surface area contributed by atoms with Gasteiger partial charge in [-0.05, 0) is 19.3 Å². The van der Waals surface area contributed by atoms with Crippen LogP contribution in [0.3, 0.4) is 0 Å². The molecule has 0 saturated heterocycles. The third-order valence-corrected chi connectivity index (χ3v) is 4.20. The summed E-state index contributed by atoms with van der Waals surface area (Å²) in [4.78, 5) is 6.13. The molecule has 0 aliphatic heterocycles. The van der Waals surface area contributed by atoms with Gasteiger partial charge in [-0.15, -0.1) is 11.3 Å². The van der Waals surface area contributed by atoms with E-state index in [0.29, 0.717) is 11.8 Å². The van der Waals surface area contributed by atoms with Crippen molar-refractivity contribution in [2.24, 2.45) is 0 Å². The van der Waals surface area contributed by atoms with Crippen LogP contribution in [0.25, 0.3) is 0 Å². The normalized spacial score (nSPS) is 13.6. The lowest BCUT2D eigenvalue weighted by Crippen LogP contribution is -1.91. The zero-order chi connectivity index (χ0) is 10.7. The van der Waals surface area contributed by atoms with Gasteiger partial charge in [-0.25, -0.2) is 4.98 Å². The van der Waals surface area contributed by atoms with Gasteiger partial charge in [0, 0.05) is 10.8 Å². The van der Waals surface area contributed by atoms with Gasteiger partial charge in [0.25, 0.3) is 0 Å². The van der Waals surface area contributed by atoms with Crippen molar-refractivity contribution in [1.29, 1.82) is 0 Å². The molecule has 1 unspecified atom stereocenters. The zero-order valence-electron chi connectivity index (χ0n) is 9.92. The fraction of sp³-hybridized carbons (Fsp3) is 0.750. The number of aromatic nitrogens is 1. The molecule has 2 heteroatoms. The third kappa shape index (κ3) is 2.57. The van der Waals surface area contributed by atoms with Crippen molar-refractivity contribution in [3.63, 3.8) is 0 Å². The molecule has 0 aliphatic carbocycles. The van der Waals surface area contributed by atoms with Crippen LogP contribution in [-0.2, 0) is 0 Å². The predicted molar refractivity (Wildman–Crippen MR) is 64.3 cm³/mol. The Bertz CT molecular complexity index is 289. The first-order valence-electron chi connectivity index (χ1n) is 5.53. The molecule has 0 radical (unpaired) electrons. The standard InChI is InChI=1S/C12H21NS/c1-6-7-9(4)11-10(5)13-12(14-11)8(2)3/h8-9H,6-7H2,1-5H3. The summed E-state index contributed by atoms with van der Waals surface area (Å²) in [5, 5.41) is 1.29. The molecule has 1 aromatic rings. The molecule has 0 N–H and O–H groups in total. The van der Waals surface area contributed by atoms with Gasteiger partial charge >= 0.3 is 0 Å². The topological polar surface area (TPSA) is 12.9 Å². The van der Waals surface area contributed by atoms with E-state index in [1.165, 1.54) is 28.4 Å². The van der Waals surface area contributed by atoms with Crippen molar-refractivity contribution >= 4 is 11.3 Å². The number of aryl methyl sites for hydroxylation is 1. The summed E-state index contributed by atoms with van der Waals surface area (Å²) >= 11 is 1.90. The van der Waals surface area contributed by atoms with Crippen molar-refractivity contribution in [3.05, 3.63) is 15.6 Å². The smallest absolute Gasteiger partial charge is 0.0956 e. The molecule has 1 nitrogen and oxygen atoms in total. The number of nitrogens with zero attached hydrogens (tertiary/aromatic N) is 1. The van der Waals surface area contributed by atoms with E-state index in [1.807, 2.05) is 11.3 Å². The Balaban J connectivity index is 2.86. The van der Waals surface area contributed by atoms with Gasteiger partial charge in [-0.2, -0.15) is 0 Å². The van der Waals surface area contributed by atoms with Crippen LogP contribution in [0.15, 0.2) is 0 Å². The zero-order valence-corrected chi connectivity index (χ0v) is 10.7. The Morgan fingerprint density at radius 1 is 1.29 bits per heavy atom. The lowest BCUT2D eigenvalue weighted by molar-refractivity contribution is 0.670. The summed E-state index contributed by atoms with van der Waals surface area (Å²) in [7, 11) is 0. The summed E-state index contributed by atoms with van der Waals surface area (Å²) < 4.78 is 0. The second-order valence-corrected chi connectivity index (χ2v) is 5.41. The predicted octanol–water partition coefficient (Wildman–Crippen LogP) is 4.48. The number of hydrogen-bond donors (Lipinski definition) is 0. The highest BCUT2D eigenvalue weighted by molar-refractivity contribution is 7.11. The van der Waals surface area contributed by atoms with Gasteiger partial charge in [-0.3, -0.25) is 0 Å². The molecule has 1 atom stereocenters. The largest absolute Gasteiger partial charge is 0.246 e. The number of rotatable bonds is 4. The van der Waals surface area contributed by atoms with Crippen LogP contribution in [0.4, 0.5) is 0 Å². The van der Waals surface area contributed by atoms with E-state index in [0.717, 1.165) is 0 Å². The fourth-order valence-electron chi connectivity index (χ4n) is 1.70. The van der Waals surface area contributed by atoms with Crippen LogP contribution >= 0.6 is 11.3 Å². The molecular weight excluding hydrogens is 190 g/mol. The summed E-state index contributed by atoms with van der Waals surface area (Å²) in [5.74, 6) is 1.26. The van der Waals surface area contributed by atoms with Crippen molar-refractivity contribution in [1.82, 2.24) is 4.98 Å². The molecule has 0 fully saturated rings. The Morgan fingerprint density at radius 3 is 2.36 bits per heavy atom. The van der Waals surface area contributed by atoms with E-state index >= 15 is 0 Å². The molecular formula is C12H21NS. The quantitative estimate of drug-likeness (QED) is 0.715. The molecule has 0 saturated carbocycles. The summed E-state index contributed by atoms with van der Waals surface area (Å²) in [5.41, 5.74) is 1.25. The Labute approximate surface area is 91.6 Å². The third-order valence-electron chi connectivity index (χ3n) is 2.51. The molecule has 0 spiro atoms. The van der Waals surface area contributed by atoms with Gasteiger partial charge < -0.3 is 0 Å². The van der Waals surface area contributed by atoms with Gasteiger partial charge in [0.15, 0.2) is 0 Å². The van der Waals surface area contributed by atoms with Gasteiger partial charge in [-0.1, -0.05) is 34.1 Å². The van der Waals surface area contributed by atoms with Gasteiger partial charge in [0.1, 0.15) is 0 Å². The van der Waals surface area contributed by atoms with Crippen LogP contribution in [0.2, 0.25) is 0 Å². The highest BCUT2D eigenvalue weighted by Crippen LogP contribution is 2.32.